The molecule has 1 atom stereocenters. The molecule has 0 saturated carbocycles. The van der Waals surface area contributed by atoms with Crippen molar-refractivity contribution in [2.24, 2.45) is 5.92 Å². The van der Waals surface area contributed by atoms with Crippen LogP contribution in [0, 0.1) is 5.92 Å². The van der Waals surface area contributed by atoms with Gasteiger partial charge in [0, 0.05) is 0 Å². The summed E-state index contributed by atoms with van der Waals surface area (Å²) in [5.41, 5.74) is -0.596. The Labute approximate surface area is 127 Å². The molecular weight excluding hydrogens is 268 g/mol. The summed E-state index contributed by atoms with van der Waals surface area (Å²) in [6.07, 6.45) is 10.5. The Kier molecular flexibility index (Phi) is 7.51. The van der Waals surface area contributed by atoms with Crippen molar-refractivity contribution in [3.63, 3.8) is 0 Å². The Hall–Kier alpha value is -1.29. The molecular formula is C17H28O4. The smallest absolute Gasteiger partial charge is 0.434 e. The van der Waals surface area contributed by atoms with Crippen LogP contribution >= 0.6 is 0 Å². The minimum Gasteiger partial charge on any atom is -0.434 e. The van der Waals surface area contributed by atoms with Crippen LogP contribution in [0.5, 0.6) is 0 Å². The van der Waals surface area contributed by atoms with Gasteiger partial charge in [-0.05, 0) is 57.6 Å². The lowest BCUT2D eigenvalue weighted by Crippen LogP contribution is -2.18. The van der Waals surface area contributed by atoms with Gasteiger partial charge in [0.15, 0.2) is 0 Å². The first-order valence-corrected chi connectivity index (χ1v) is 7.80. The third-order valence-corrected chi connectivity index (χ3v) is 3.48. The van der Waals surface area contributed by atoms with E-state index >= 15 is 0 Å². The highest BCUT2D eigenvalue weighted by Gasteiger charge is 2.13. The van der Waals surface area contributed by atoms with Gasteiger partial charge in [-0.1, -0.05) is 25.8 Å². The Balaban J connectivity index is 2.08. The lowest BCUT2D eigenvalue weighted by atomic mass is 9.95. The van der Waals surface area contributed by atoms with Crippen LogP contribution in [0.4, 0.5) is 4.79 Å². The van der Waals surface area contributed by atoms with Gasteiger partial charge >= 0.3 is 6.16 Å². The van der Waals surface area contributed by atoms with Crippen molar-refractivity contribution in [2.75, 3.05) is 6.61 Å². The largest absolute Gasteiger partial charge is 0.513 e. The van der Waals surface area contributed by atoms with Gasteiger partial charge < -0.3 is 14.6 Å². The van der Waals surface area contributed by atoms with E-state index in [1.54, 1.807) is 6.08 Å². The molecule has 0 fully saturated rings. The first kappa shape index (κ1) is 17.8. The molecule has 0 spiro atoms. The third-order valence-electron chi connectivity index (χ3n) is 3.48. The van der Waals surface area contributed by atoms with E-state index in [1.807, 2.05) is 26.0 Å². The molecule has 0 unspecified atom stereocenters. The van der Waals surface area contributed by atoms with Crippen LogP contribution in [0.1, 0.15) is 59.3 Å². The first-order chi connectivity index (χ1) is 9.87. The average Bonchev–Trinajstić information content (AvgIpc) is 2.38. The lowest BCUT2D eigenvalue weighted by Gasteiger charge is -2.18. The van der Waals surface area contributed by atoms with Gasteiger partial charge in [0.25, 0.3) is 0 Å². The van der Waals surface area contributed by atoms with E-state index in [0.717, 1.165) is 38.5 Å². The van der Waals surface area contributed by atoms with E-state index in [4.69, 9.17) is 9.47 Å². The predicted molar refractivity (Wildman–Crippen MR) is 82.8 cm³/mol. The molecule has 4 nitrogen and oxygen atoms in total. The minimum absolute atomic E-state index is 0.375. The van der Waals surface area contributed by atoms with E-state index in [1.165, 1.54) is 0 Å². The normalized spacial score (nSPS) is 16.3. The summed E-state index contributed by atoms with van der Waals surface area (Å²) < 4.78 is 10.2. The highest BCUT2D eigenvalue weighted by atomic mass is 16.7. The van der Waals surface area contributed by atoms with Gasteiger partial charge in [-0.25, -0.2) is 4.79 Å². The van der Waals surface area contributed by atoms with E-state index in [0.29, 0.717) is 18.3 Å². The number of allylic oxidation sites excluding steroid dienone is 3. The summed E-state index contributed by atoms with van der Waals surface area (Å²) in [6, 6.07) is 0. The predicted octanol–water partition coefficient (Wildman–Crippen LogP) is 4.34. The first-order valence-electron chi connectivity index (χ1n) is 7.80. The maximum atomic E-state index is 11.5. The number of hydrogen-bond acceptors (Lipinski definition) is 4. The number of ether oxygens (including phenoxy) is 2. The average molecular weight is 296 g/mol. The van der Waals surface area contributed by atoms with Crippen LogP contribution in [0.2, 0.25) is 0 Å². The molecule has 0 saturated heterocycles. The second kappa shape index (κ2) is 8.88. The molecule has 0 aromatic rings. The Bertz CT molecular complexity index is 377. The quantitative estimate of drug-likeness (QED) is 0.677. The monoisotopic (exact) mass is 296 g/mol. The molecule has 0 aromatic carbocycles. The molecule has 1 N–H and O–H groups in total. The van der Waals surface area contributed by atoms with Crippen LogP contribution in [-0.4, -0.2) is 23.5 Å². The SMILES string of the molecule is C[C@H](CCCC(C)(C)O)CCOC(=O)OC1=CCCC=C1. The molecule has 21 heavy (non-hydrogen) atoms. The highest BCUT2D eigenvalue weighted by molar-refractivity contribution is 5.62. The second-order valence-electron chi connectivity index (χ2n) is 6.39. The molecule has 0 aromatic heterocycles. The number of aliphatic hydroxyl groups is 1. The number of rotatable bonds is 8. The Morgan fingerprint density at radius 1 is 1.38 bits per heavy atom. The molecule has 0 heterocycles. The molecule has 4 heteroatoms. The molecule has 1 rings (SSSR count). The van der Waals surface area contributed by atoms with Gasteiger partial charge in [0.2, 0.25) is 0 Å². The van der Waals surface area contributed by atoms with E-state index < -0.39 is 11.8 Å². The molecule has 0 aliphatic heterocycles. The van der Waals surface area contributed by atoms with Crippen molar-refractivity contribution in [1.82, 2.24) is 0 Å². The summed E-state index contributed by atoms with van der Waals surface area (Å²) >= 11 is 0. The summed E-state index contributed by atoms with van der Waals surface area (Å²) in [7, 11) is 0. The second-order valence-corrected chi connectivity index (χ2v) is 6.39. The number of carbonyl (C=O) groups excluding carboxylic acids is 1. The van der Waals surface area contributed by atoms with Crippen LogP contribution in [0.3, 0.4) is 0 Å². The van der Waals surface area contributed by atoms with Gasteiger partial charge in [-0.3, -0.25) is 0 Å². The van der Waals surface area contributed by atoms with E-state index in [9.17, 15) is 9.90 Å². The fourth-order valence-corrected chi connectivity index (χ4v) is 2.16. The standard InChI is InChI=1S/C17H28O4/c1-14(8-7-12-17(2,3)19)11-13-20-16(18)21-15-9-5-4-6-10-15/h5,9-10,14,19H,4,6-8,11-13H2,1-3H3/t14-/m1/s1. The van der Waals surface area contributed by atoms with Gasteiger partial charge in [0.1, 0.15) is 5.76 Å². The van der Waals surface area contributed by atoms with Crippen molar-refractivity contribution >= 4 is 6.16 Å². The van der Waals surface area contributed by atoms with Crippen LogP contribution in [0.25, 0.3) is 0 Å². The van der Waals surface area contributed by atoms with Gasteiger partial charge in [0.05, 0.1) is 12.2 Å². The van der Waals surface area contributed by atoms with Gasteiger partial charge in [-0.2, -0.15) is 0 Å². The zero-order chi connectivity index (χ0) is 15.7. The van der Waals surface area contributed by atoms with Crippen LogP contribution in [0.15, 0.2) is 24.0 Å². The minimum atomic E-state index is -0.628. The highest BCUT2D eigenvalue weighted by Crippen LogP contribution is 2.18. The van der Waals surface area contributed by atoms with Crippen LogP contribution in [-0.2, 0) is 9.47 Å². The molecule has 1 aliphatic rings. The van der Waals surface area contributed by atoms with Crippen molar-refractivity contribution in [2.45, 2.75) is 64.9 Å². The fraction of sp³-hybridized carbons (Fsp3) is 0.706. The lowest BCUT2D eigenvalue weighted by molar-refractivity contribution is 0.0648. The summed E-state index contributed by atoms with van der Waals surface area (Å²) in [4.78, 5) is 11.5. The summed E-state index contributed by atoms with van der Waals surface area (Å²) in [5.74, 6) is 1.04. The van der Waals surface area contributed by atoms with Crippen molar-refractivity contribution in [3.05, 3.63) is 24.0 Å². The zero-order valence-corrected chi connectivity index (χ0v) is 13.4. The molecule has 0 radical (unpaired) electrons. The maximum absolute atomic E-state index is 11.5. The molecule has 1 aliphatic carbocycles. The van der Waals surface area contributed by atoms with Crippen molar-refractivity contribution in [3.8, 4) is 0 Å². The van der Waals surface area contributed by atoms with Crippen molar-refractivity contribution < 1.29 is 19.4 Å². The fourth-order valence-electron chi connectivity index (χ4n) is 2.16. The summed E-state index contributed by atoms with van der Waals surface area (Å²) in [5, 5.41) is 9.64. The van der Waals surface area contributed by atoms with E-state index in [2.05, 4.69) is 6.92 Å². The maximum Gasteiger partial charge on any atom is 0.513 e. The molecule has 0 bridgehead atoms. The number of carbonyl (C=O) groups is 1. The molecule has 0 amide bonds. The topological polar surface area (TPSA) is 55.8 Å². The zero-order valence-electron chi connectivity index (χ0n) is 13.4. The van der Waals surface area contributed by atoms with Gasteiger partial charge in [-0.15, -0.1) is 0 Å². The summed E-state index contributed by atoms with van der Waals surface area (Å²) in [6.45, 7) is 6.15. The Morgan fingerprint density at radius 2 is 2.14 bits per heavy atom. The van der Waals surface area contributed by atoms with Crippen molar-refractivity contribution in [1.29, 1.82) is 0 Å². The third kappa shape index (κ3) is 9.29. The molecule has 120 valence electrons. The van der Waals surface area contributed by atoms with E-state index in [-0.39, 0.29) is 0 Å². The number of hydrogen-bond donors (Lipinski definition) is 1. The van der Waals surface area contributed by atoms with Crippen LogP contribution < -0.4 is 0 Å². The Morgan fingerprint density at radius 3 is 2.76 bits per heavy atom.